The minimum absolute atomic E-state index is 0.00448. The van der Waals surface area contributed by atoms with Crippen LogP contribution in [0.25, 0.3) is 0 Å². The van der Waals surface area contributed by atoms with Crippen LogP contribution in [0.15, 0.2) is 24.3 Å². The van der Waals surface area contributed by atoms with Gasteiger partial charge in [0.25, 0.3) is 0 Å². The normalized spacial score (nSPS) is 16.0. The van der Waals surface area contributed by atoms with Gasteiger partial charge in [-0.05, 0) is 19.2 Å². The molecule has 0 radical (unpaired) electrons. The Hall–Kier alpha value is -2.09. The Morgan fingerprint density at radius 1 is 1.12 bits per heavy atom. The van der Waals surface area contributed by atoms with Crippen LogP contribution < -0.4 is 4.90 Å². The zero-order chi connectivity index (χ0) is 18.6. The first-order valence-electron chi connectivity index (χ1n) is 8.11. The van der Waals surface area contributed by atoms with Gasteiger partial charge in [-0.15, -0.1) is 0 Å². The number of benzene rings is 1. The highest BCUT2D eigenvalue weighted by Crippen LogP contribution is 2.36. The van der Waals surface area contributed by atoms with E-state index in [9.17, 15) is 22.8 Å². The number of hydrogen-bond donors (Lipinski definition) is 0. The van der Waals surface area contributed by atoms with Gasteiger partial charge in [0.05, 0.1) is 11.3 Å². The molecule has 1 aromatic carbocycles. The minimum atomic E-state index is -4.56. The van der Waals surface area contributed by atoms with E-state index in [1.165, 1.54) is 25.1 Å². The fraction of sp³-hybridized carbons (Fsp3) is 0.529. The van der Waals surface area contributed by atoms with Gasteiger partial charge < -0.3 is 14.7 Å². The number of hydrogen-bond acceptors (Lipinski definition) is 3. The lowest BCUT2D eigenvalue weighted by atomic mass is 10.1. The number of halogens is 3. The molecule has 1 saturated heterocycles. The van der Waals surface area contributed by atoms with Gasteiger partial charge in [0.1, 0.15) is 0 Å². The van der Waals surface area contributed by atoms with Crippen LogP contribution in [-0.2, 0) is 15.8 Å². The molecule has 0 aromatic heterocycles. The lowest BCUT2D eigenvalue weighted by Gasteiger charge is -2.33. The van der Waals surface area contributed by atoms with Crippen molar-refractivity contribution in [3.63, 3.8) is 0 Å². The molecule has 1 heterocycles. The Labute approximate surface area is 145 Å². The van der Waals surface area contributed by atoms with Gasteiger partial charge >= 0.3 is 6.18 Å². The molecule has 25 heavy (non-hydrogen) atoms. The molecule has 0 saturated carbocycles. The molecule has 0 aliphatic carbocycles. The van der Waals surface area contributed by atoms with Crippen LogP contribution in [-0.4, -0.2) is 61.4 Å². The van der Waals surface area contributed by atoms with Gasteiger partial charge in [-0.1, -0.05) is 12.1 Å². The quantitative estimate of drug-likeness (QED) is 0.830. The van der Waals surface area contributed by atoms with Crippen molar-refractivity contribution in [2.75, 3.05) is 44.7 Å². The Morgan fingerprint density at radius 3 is 2.28 bits per heavy atom. The predicted octanol–water partition coefficient (Wildman–Crippen LogP) is 2.22. The number of carbonyl (C=O) groups is 2. The molecule has 138 valence electrons. The Kier molecular flexibility index (Phi) is 6.05. The first-order chi connectivity index (χ1) is 11.7. The number of anilines is 1. The monoisotopic (exact) mass is 357 g/mol. The number of carbonyl (C=O) groups excluding carboxylic acids is 2. The van der Waals surface area contributed by atoms with Crippen LogP contribution in [0.5, 0.6) is 0 Å². The van der Waals surface area contributed by atoms with Gasteiger partial charge in [-0.2, -0.15) is 13.2 Å². The summed E-state index contributed by atoms with van der Waals surface area (Å²) in [6.45, 7) is 3.84. The van der Waals surface area contributed by atoms with Gasteiger partial charge in [0, 0.05) is 46.1 Å². The first-order valence-corrected chi connectivity index (χ1v) is 8.11. The molecule has 0 unspecified atom stereocenters. The smallest absolute Gasteiger partial charge is 0.340 e. The molecule has 2 amide bonds. The largest absolute Gasteiger partial charge is 0.418 e. The molecular weight excluding hydrogens is 335 g/mol. The van der Waals surface area contributed by atoms with Crippen LogP contribution in [0.1, 0.15) is 18.9 Å². The summed E-state index contributed by atoms with van der Waals surface area (Å²) >= 11 is 0. The summed E-state index contributed by atoms with van der Waals surface area (Å²) in [5, 5.41) is 0. The van der Waals surface area contributed by atoms with Crippen molar-refractivity contribution in [2.45, 2.75) is 19.5 Å². The van der Waals surface area contributed by atoms with E-state index in [1.807, 2.05) is 7.05 Å². The highest BCUT2D eigenvalue weighted by atomic mass is 19.4. The molecule has 5 nitrogen and oxygen atoms in total. The number of alkyl halides is 3. The fourth-order valence-corrected chi connectivity index (χ4v) is 2.82. The number of piperazine rings is 1. The fourth-order valence-electron chi connectivity index (χ4n) is 2.82. The standard InChI is InChI=1S/C17H22F3N3O2/c1-13(24)23(15-6-4-3-5-14(15)17(18,19)20)8-7-16(25)22-11-9-21(2)10-12-22/h3-6H,7-12H2,1-2H3. The van der Waals surface area contributed by atoms with E-state index in [1.54, 1.807) is 4.90 Å². The van der Waals surface area contributed by atoms with E-state index in [-0.39, 0.29) is 24.6 Å². The summed E-state index contributed by atoms with van der Waals surface area (Å²) in [5.41, 5.74) is -1.09. The molecule has 1 aliphatic rings. The van der Waals surface area contributed by atoms with Crippen molar-refractivity contribution in [3.05, 3.63) is 29.8 Å². The van der Waals surface area contributed by atoms with Crippen molar-refractivity contribution < 1.29 is 22.8 Å². The summed E-state index contributed by atoms with van der Waals surface area (Å²) < 4.78 is 39.5. The summed E-state index contributed by atoms with van der Waals surface area (Å²) in [6, 6.07) is 4.92. The number of likely N-dealkylation sites (N-methyl/N-ethyl adjacent to an activating group) is 1. The van der Waals surface area contributed by atoms with Gasteiger partial charge in [0.15, 0.2) is 0 Å². The molecule has 2 rings (SSSR count). The summed E-state index contributed by atoms with van der Waals surface area (Å²) in [5.74, 6) is -0.674. The number of rotatable bonds is 4. The van der Waals surface area contributed by atoms with Crippen LogP contribution >= 0.6 is 0 Å². The predicted molar refractivity (Wildman–Crippen MR) is 88.2 cm³/mol. The average Bonchev–Trinajstić information content (AvgIpc) is 2.54. The van der Waals surface area contributed by atoms with Crippen molar-refractivity contribution in [2.24, 2.45) is 0 Å². The number of para-hydroxylation sites is 1. The van der Waals surface area contributed by atoms with Gasteiger partial charge in [-0.3, -0.25) is 9.59 Å². The van der Waals surface area contributed by atoms with Crippen LogP contribution in [0.3, 0.4) is 0 Å². The third-order valence-electron chi connectivity index (χ3n) is 4.29. The summed E-state index contributed by atoms with van der Waals surface area (Å²) in [6.07, 6.45) is -4.57. The SMILES string of the molecule is CC(=O)N(CCC(=O)N1CCN(C)CC1)c1ccccc1C(F)(F)F. The van der Waals surface area contributed by atoms with E-state index in [2.05, 4.69) is 4.90 Å². The summed E-state index contributed by atoms with van der Waals surface area (Å²) in [4.78, 5) is 29.0. The molecule has 1 aliphatic heterocycles. The molecule has 0 N–H and O–H groups in total. The molecule has 1 aromatic rings. The minimum Gasteiger partial charge on any atom is -0.340 e. The Balaban J connectivity index is 2.10. The second-order valence-corrected chi connectivity index (χ2v) is 6.12. The van der Waals surface area contributed by atoms with Crippen LogP contribution in [0, 0.1) is 0 Å². The van der Waals surface area contributed by atoms with Crippen LogP contribution in [0.4, 0.5) is 18.9 Å². The molecule has 8 heteroatoms. The maximum absolute atomic E-state index is 13.2. The third-order valence-corrected chi connectivity index (χ3v) is 4.29. The molecule has 0 bridgehead atoms. The second-order valence-electron chi connectivity index (χ2n) is 6.12. The van der Waals surface area contributed by atoms with Crippen molar-refractivity contribution in [1.29, 1.82) is 0 Å². The van der Waals surface area contributed by atoms with Gasteiger partial charge in [0.2, 0.25) is 11.8 Å². The van der Waals surface area contributed by atoms with Crippen LogP contribution in [0.2, 0.25) is 0 Å². The topological polar surface area (TPSA) is 43.9 Å². The zero-order valence-corrected chi connectivity index (χ0v) is 14.3. The highest BCUT2D eigenvalue weighted by Gasteiger charge is 2.35. The van der Waals surface area contributed by atoms with Crippen molar-refractivity contribution in [1.82, 2.24) is 9.80 Å². The number of nitrogens with zero attached hydrogens (tertiary/aromatic N) is 3. The first kappa shape index (κ1) is 19.2. The van der Waals surface area contributed by atoms with E-state index >= 15 is 0 Å². The van der Waals surface area contributed by atoms with Crippen molar-refractivity contribution in [3.8, 4) is 0 Å². The zero-order valence-electron chi connectivity index (χ0n) is 14.3. The average molecular weight is 357 g/mol. The second kappa shape index (κ2) is 7.86. The number of amides is 2. The molecular formula is C17H22F3N3O2. The Morgan fingerprint density at radius 2 is 1.72 bits per heavy atom. The van der Waals surface area contributed by atoms with E-state index in [4.69, 9.17) is 0 Å². The molecule has 0 atom stereocenters. The Bertz CT molecular complexity index is 626. The van der Waals surface area contributed by atoms with E-state index < -0.39 is 17.6 Å². The summed E-state index contributed by atoms with van der Waals surface area (Å²) in [7, 11) is 1.97. The lowest BCUT2D eigenvalue weighted by molar-refractivity contribution is -0.137. The van der Waals surface area contributed by atoms with Gasteiger partial charge in [-0.25, -0.2) is 0 Å². The molecule has 1 fully saturated rings. The molecule has 0 spiro atoms. The lowest BCUT2D eigenvalue weighted by Crippen LogP contribution is -2.48. The highest BCUT2D eigenvalue weighted by molar-refractivity contribution is 5.93. The maximum atomic E-state index is 13.2. The third kappa shape index (κ3) is 4.94. The maximum Gasteiger partial charge on any atom is 0.418 e. The van der Waals surface area contributed by atoms with E-state index in [0.29, 0.717) is 13.1 Å². The van der Waals surface area contributed by atoms with Crippen molar-refractivity contribution >= 4 is 17.5 Å². The van der Waals surface area contributed by atoms with E-state index in [0.717, 1.165) is 24.1 Å².